The smallest absolute Gasteiger partial charge is 0.247 e. The van der Waals surface area contributed by atoms with Gasteiger partial charge in [0.2, 0.25) is 17.7 Å². The highest BCUT2D eigenvalue weighted by Crippen LogP contribution is 2.21. The fraction of sp³-hybridized carbons (Fsp3) is 0.211. The first-order chi connectivity index (χ1) is 12.0. The summed E-state index contributed by atoms with van der Waals surface area (Å²) in [5, 5.41) is 11.5. The number of rotatable bonds is 5. The zero-order valence-corrected chi connectivity index (χ0v) is 14.8. The second-order valence-electron chi connectivity index (χ2n) is 5.88. The van der Waals surface area contributed by atoms with Gasteiger partial charge in [0.15, 0.2) is 0 Å². The van der Waals surface area contributed by atoms with Crippen LogP contribution in [0, 0.1) is 13.8 Å². The highest BCUT2D eigenvalue weighted by molar-refractivity contribution is 6.31. The molecule has 128 valence electrons. The minimum atomic E-state index is -0.130. The number of nitrogens with zero attached hydrogens (tertiary/aromatic N) is 2. The summed E-state index contributed by atoms with van der Waals surface area (Å²) in [6.45, 7) is 3.93. The van der Waals surface area contributed by atoms with Gasteiger partial charge in [0.25, 0.3) is 0 Å². The molecular formula is C19H18ClN3O2. The summed E-state index contributed by atoms with van der Waals surface area (Å²) >= 11 is 6.06. The molecule has 1 N–H and O–H groups in total. The van der Waals surface area contributed by atoms with Gasteiger partial charge in [-0.15, -0.1) is 10.2 Å². The Morgan fingerprint density at radius 3 is 2.60 bits per heavy atom. The second-order valence-corrected chi connectivity index (χ2v) is 6.29. The largest absolute Gasteiger partial charge is 0.421 e. The van der Waals surface area contributed by atoms with Crippen molar-refractivity contribution in [3.63, 3.8) is 0 Å². The Kier molecular flexibility index (Phi) is 5.14. The van der Waals surface area contributed by atoms with Crippen LogP contribution in [0.5, 0.6) is 0 Å². The quantitative estimate of drug-likeness (QED) is 0.727. The van der Waals surface area contributed by atoms with Crippen molar-refractivity contribution in [2.75, 3.05) is 5.32 Å². The monoisotopic (exact) mass is 355 g/mol. The van der Waals surface area contributed by atoms with Crippen molar-refractivity contribution in [3.05, 3.63) is 64.5 Å². The Morgan fingerprint density at radius 2 is 1.88 bits per heavy atom. The Balaban J connectivity index is 1.57. The summed E-state index contributed by atoms with van der Waals surface area (Å²) < 4.78 is 5.62. The van der Waals surface area contributed by atoms with Gasteiger partial charge in [0.05, 0.1) is 0 Å². The van der Waals surface area contributed by atoms with Gasteiger partial charge in [-0.2, -0.15) is 0 Å². The van der Waals surface area contributed by atoms with Crippen molar-refractivity contribution in [1.29, 1.82) is 0 Å². The van der Waals surface area contributed by atoms with Gasteiger partial charge < -0.3 is 9.73 Å². The number of carbonyl (C=O) groups excluding carboxylic acids is 1. The van der Waals surface area contributed by atoms with Gasteiger partial charge in [-0.1, -0.05) is 35.4 Å². The number of carbonyl (C=O) groups is 1. The summed E-state index contributed by atoms with van der Waals surface area (Å²) in [5.41, 5.74) is 3.67. The number of halogens is 1. The van der Waals surface area contributed by atoms with Crippen molar-refractivity contribution in [2.45, 2.75) is 26.7 Å². The third kappa shape index (κ3) is 4.45. The van der Waals surface area contributed by atoms with Gasteiger partial charge in [0, 0.05) is 29.1 Å². The van der Waals surface area contributed by atoms with E-state index in [1.165, 1.54) is 0 Å². The van der Waals surface area contributed by atoms with E-state index in [-0.39, 0.29) is 12.3 Å². The van der Waals surface area contributed by atoms with Crippen LogP contribution < -0.4 is 5.32 Å². The van der Waals surface area contributed by atoms with Gasteiger partial charge >= 0.3 is 0 Å². The predicted octanol–water partition coefficient (Wildman–Crippen LogP) is 4.58. The minimum absolute atomic E-state index is 0.130. The molecule has 0 fully saturated rings. The number of hydrogen-bond donors (Lipinski definition) is 1. The van der Waals surface area contributed by atoms with Gasteiger partial charge in [-0.25, -0.2) is 0 Å². The van der Waals surface area contributed by atoms with Crippen LogP contribution in [0.3, 0.4) is 0 Å². The molecule has 3 aromatic rings. The lowest BCUT2D eigenvalue weighted by atomic mass is 10.1. The lowest BCUT2D eigenvalue weighted by molar-refractivity contribution is -0.116. The van der Waals surface area contributed by atoms with Crippen LogP contribution in [0.4, 0.5) is 5.69 Å². The lowest BCUT2D eigenvalue weighted by Gasteiger charge is -2.06. The minimum Gasteiger partial charge on any atom is -0.421 e. The first-order valence-electron chi connectivity index (χ1n) is 7.97. The number of aromatic nitrogens is 2. The Hall–Kier alpha value is -2.66. The number of aryl methyl sites for hydroxylation is 3. The van der Waals surface area contributed by atoms with E-state index < -0.39 is 0 Å². The maximum atomic E-state index is 12.1. The zero-order chi connectivity index (χ0) is 17.8. The Labute approximate surface area is 151 Å². The van der Waals surface area contributed by atoms with Gasteiger partial charge in [-0.3, -0.25) is 4.79 Å². The van der Waals surface area contributed by atoms with E-state index in [2.05, 4.69) is 15.5 Å². The van der Waals surface area contributed by atoms with Gasteiger partial charge in [0.1, 0.15) is 0 Å². The maximum Gasteiger partial charge on any atom is 0.247 e. The molecule has 0 aliphatic heterocycles. The first kappa shape index (κ1) is 17.2. The van der Waals surface area contributed by atoms with E-state index in [9.17, 15) is 4.79 Å². The molecule has 1 amide bonds. The average molecular weight is 356 g/mol. The zero-order valence-electron chi connectivity index (χ0n) is 14.0. The fourth-order valence-corrected chi connectivity index (χ4v) is 2.46. The fourth-order valence-electron chi connectivity index (χ4n) is 2.28. The standard InChI is InChI=1S/C19H18ClN3O2/c1-12-3-6-14(7-4-12)19-23-22-18(25-19)10-9-17(24)21-15-8-5-13(2)16(20)11-15/h3-8,11H,9-10H2,1-2H3,(H,21,24). The molecule has 2 aromatic carbocycles. The normalized spacial score (nSPS) is 10.7. The molecule has 25 heavy (non-hydrogen) atoms. The molecule has 0 aliphatic rings. The molecule has 5 nitrogen and oxygen atoms in total. The second kappa shape index (κ2) is 7.49. The molecule has 3 rings (SSSR count). The summed E-state index contributed by atoms with van der Waals surface area (Å²) in [7, 11) is 0. The molecule has 6 heteroatoms. The van der Waals surface area contributed by atoms with Crippen molar-refractivity contribution >= 4 is 23.2 Å². The number of amides is 1. The van der Waals surface area contributed by atoms with Crippen molar-refractivity contribution in [1.82, 2.24) is 10.2 Å². The molecule has 0 unspecified atom stereocenters. The molecule has 1 aromatic heterocycles. The third-order valence-electron chi connectivity index (χ3n) is 3.79. The molecule has 0 aliphatic carbocycles. The van der Waals surface area contributed by atoms with E-state index in [1.807, 2.05) is 50.2 Å². The highest BCUT2D eigenvalue weighted by Gasteiger charge is 2.11. The molecular weight excluding hydrogens is 338 g/mol. The van der Waals surface area contributed by atoms with E-state index in [0.717, 1.165) is 16.7 Å². The molecule has 1 heterocycles. The van der Waals surface area contributed by atoms with Crippen LogP contribution in [0.25, 0.3) is 11.5 Å². The number of benzene rings is 2. The van der Waals surface area contributed by atoms with Crippen LogP contribution >= 0.6 is 11.6 Å². The summed E-state index contributed by atoms with van der Waals surface area (Å²) in [5.74, 6) is 0.767. The van der Waals surface area contributed by atoms with Crippen molar-refractivity contribution in [3.8, 4) is 11.5 Å². The Bertz CT molecular complexity index is 888. The molecule has 0 spiro atoms. The average Bonchev–Trinajstić information content (AvgIpc) is 3.06. The molecule has 0 saturated heterocycles. The number of anilines is 1. The van der Waals surface area contributed by atoms with Crippen LogP contribution in [0.1, 0.15) is 23.4 Å². The van der Waals surface area contributed by atoms with Crippen molar-refractivity contribution in [2.24, 2.45) is 0 Å². The number of nitrogens with one attached hydrogen (secondary N) is 1. The Morgan fingerprint density at radius 1 is 1.12 bits per heavy atom. The van der Waals surface area contributed by atoms with E-state index in [4.69, 9.17) is 16.0 Å². The topological polar surface area (TPSA) is 68.0 Å². The lowest BCUT2D eigenvalue weighted by Crippen LogP contribution is -2.12. The highest BCUT2D eigenvalue weighted by atomic mass is 35.5. The summed E-state index contributed by atoms with van der Waals surface area (Å²) in [4.78, 5) is 12.1. The van der Waals surface area contributed by atoms with Crippen LogP contribution in [-0.2, 0) is 11.2 Å². The van der Waals surface area contributed by atoms with Crippen LogP contribution in [0.15, 0.2) is 46.9 Å². The molecule has 0 saturated carbocycles. The third-order valence-corrected chi connectivity index (χ3v) is 4.19. The summed E-state index contributed by atoms with van der Waals surface area (Å²) in [6, 6.07) is 13.3. The SMILES string of the molecule is Cc1ccc(-c2nnc(CCC(=O)Nc3ccc(C)c(Cl)c3)o2)cc1. The van der Waals surface area contributed by atoms with E-state index in [0.29, 0.717) is 28.9 Å². The van der Waals surface area contributed by atoms with E-state index >= 15 is 0 Å². The van der Waals surface area contributed by atoms with Crippen LogP contribution in [0.2, 0.25) is 5.02 Å². The van der Waals surface area contributed by atoms with Gasteiger partial charge in [-0.05, 0) is 43.7 Å². The predicted molar refractivity (Wildman–Crippen MR) is 97.6 cm³/mol. The molecule has 0 radical (unpaired) electrons. The molecule has 0 bridgehead atoms. The van der Waals surface area contributed by atoms with Crippen LogP contribution in [-0.4, -0.2) is 16.1 Å². The summed E-state index contributed by atoms with van der Waals surface area (Å²) in [6.07, 6.45) is 0.630. The number of hydrogen-bond acceptors (Lipinski definition) is 4. The maximum absolute atomic E-state index is 12.1. The first-order valence-corrected chi connectivity index (χ1v) is 8.34. The molecule has 0 atom stereocenters. The van der Waals surface area contributed by atoms with E-state index in [1.54, 1.807) is 6.07 Å². The van der Waals surface area contributed by atoms with Crippen molar-refractivity contribution < 1.29 is 9.21 Å².